The molecule has 0 heterocycles. The third-order valence-corrected chi connectivity index (χ3v) is 2.83. The first kappa shape index (κ1) is 16.7. The van der Waals surface area contributed by atoms with Crippen molar-refractivity contribution < 1.29 is 19.1 Å². The fourth-order valence-corrected chi connectivity index (χ4v) is 1.83. The van der Waals surface area contributed by atoms with Crippen LogP contribution in [-0.4, -0.2) is 31.1 Å². The number of nitrogens with one attached hydrogen (secondary N) is 2. The minimum atomic E-state index is -0.655. The Morgan fingerprint density at radius 2 is 1.81 bits per heavy atom. The van der Waals surface area contributed by atoms with Crippen LogP contribution in [0.4, 0.5) is 4.79 Å². The van der Waals surface area contributed by atoms with E-state index in [9.17, 15) is 14.4 Å². The summed E-state index contributed by atoms with van der Waals surface area (Å²) in [7, 11) is 0. The molecule has 0 aliphatic heterocycles. The molecule has 1 rings (SSSR count). The number of imide groups is 1. The first-order chi connectivity index (χ1) is 10.1. The molecule has 0 radical (unpaired) electrons. The van der Waals surface area contributed by atoms with Gasteiger partial charge in [-0.2, -0.15) is 0 Å². The molecule has 1 atom stereocenters. The average Bonchev–Trinajstić information content (AvgIpc) is 2.47. The van der Waals surface area contributed by atoms with Crippen LogP contribution in [0.5, 0.6) is 0 Å². The Bertz CT molecular complexity index is 488. The molecule has 0 bridgehead atoms. The summed E-state index contributed by atoms with van der Waals surface area (Å²) in [5.74, 6) is -1.55. The Hall–Kier alpha value is -2.37. The number of urea groups is 1. The minimum Gasteiger partial charge on any atom is -0.455 e. The Kier molecular flexibility index (Phi) is 6.94. The van der Waals surface area contributed by atoms with Gasteiger partial charge >= 0.3 is 12.0 Å². The van der Waals surface area contributed by atoms with Gasteiger partial charge in [0.2, 0.25) is 0 Å². The van der Waals surface area contributed by atoms with Gasteiger partial charge in [0.1, 0.15) is 0 Å². The van der Waals surface area contributed by atoms with Gasteiger partial charge in [0, 0.05) is 6.54 Å². The molecule has 0 saturated heterocycles. The lowest BCUT2D eigenvalue weighted by molar-refractivity contribution is -0.149. The molecule has 0 unspecified atom stereocenters. The molecule has 6 nitrogen and oxygen atoms in total. The summed E-state index contributed by atoms with van der Waals surface area (Å²) in [6.07, 6.45) is 0.570. The summed E-state index contributed by atoms with van der Waals surface area (Å²) < 4.78 is 4.96. The Morgan fingerprint density at radius 1 is 1.14 bits per heavy atom. The molecular formula is C15H20N2O4. The molecule has 2 N–H and O–H groups in total. The molecule has 0 aliphatic carbocycles. The van der Waals surface area contributed by atoms with Gasteiger partial charge in [-0.1, -0.05) is 37.3 Å². The zero-order valence-electron chi connectivity index (χ0n) is 12.2. The van der Waals surface area contributed by atoms with Crippen molar-refractivity contribution in [3.8, 4) is 0 Å². The van der Waals surface area contributed by atoms with E-state index in [1.54, 1.807) is 6.92 Å². The zero-order chi connectivity index (χ0) is 15.7. The summed E-state index contributed by atoms with van der Waals surface area (Å²) in [6.45, 7) is 3.54. The molecule has 1 aromatic carbocycles. The van der Waals surface area contributed by atoms with Gasteiger partial charge in [0.25, 0.3) is 5.91 Å². The fourth-order valence-electron chi connectivity index (χ4n) is 1.83. The number of ether oxygens (including phenoxy) is 1. The summed E-state index contributed by atoms with van der Waals surface area (Å²) in [5, 5.41) is 4.48. The average molecular weight is 292 g/mol. The zero-order valence-corrected chi connectivity index (χ0v) is 12.2. The summed E-state index contributed by atoms with van der Waals surface area (Å²) >= 11 is 0. The number of benzene rings is 1. The van der Waals surface area contributed by atoms with Crippen LogP contribution < -0.4 is 10.6 Å². The van der Waals surface area contributed by atoms with Gasteiger partial charge in [0.05, 0.1) is 5.92 Å². The van der Waals surface area contributed by atoms with Crippen molar-refractivity contribution in [1.29, 1.82) is 0 Å². The van der Waals surface area contributed by atoms with Gasteiger partial charge in [-0.05, 0) is 18.9 Å². The SMILES string of the molecule is CCNC(=O)NC(=O)COC(=O)[C@H](CC)c1ccccc1. The summed E-state index contributed by atoms with van der Waals surface area (Å²) in [6, 6.07) is 8.62. The third kappa shape index (κ3) is 5.64. The highest BCUT2D eigenvalue weighted by atomic mass is 16.5. The minimum absolute atomic E-state index is 0.408. The second-order valence-corrected chi connectivity index (χ2v) is 4.39. The lowest BCUT2D eigenvalue weighted by atomic mass is 9.97. The molecule has 0 saturated carbocycles. The van der Waals surface area contributed by atoms with Crippen molar-refractivity contribution >= 4 is 17.9 Å². The normalized spacial score (nSPS) is 11.3. The number of esters is 1. The van der Waals surface area contributed by atoms with Crippen LogP contribution >= 0.6 is 0 Å². The number of carbonyl (C=O) groups is 3. The predicted molar refractivity (Wildman–Crippen MR) is 77.6 cm³/mol. The molecule has 21 heavy (non-hydrogen) atoms. The fraction of sp³-hybridized carbons (Fsp3) is 0.400. The van der Waals surface area contributed by atoms with E-state index < -0.39 is 30.4 Å². The molecule has 1 aromatic rings. The van der Waals surface area contributed by atoms with E-state index in [0.717, 1.165) is 5.56 Å². The molecule has 3 amide bonds. The predicted octanol–water partition coefficient (Wildman–Crippen LogP) is 1.57. The second-order valence-electron chi connectivity index (χ2n) is 4.39. The summed E-state index contributed by atoms with van der Waals surface area (Å²) in [5.41, 5.74) is 0.842. The molecular weight excluding hydrogens is 272 g/mol. The van der Waals surface area contributed by atoms with E-state index in [0.29, 0.717) is 13.0 Å². The largest absolute Gasteiger partial charge is 0.455 e. The number of carbonyl (C=O) groups excluding carboxylic acids is 3. The molecule has 114 valence electrons. The summed E-state index contributed by atoms with van der Waals surface area (Å²) in [4.78, 5) is 34.5. The van der Waals surface area contributed by atoms with Crippen LogP contribution in [0.15, 0.2) is 30.3 Å². The number of rotatable bonds is 6. The van der Waals surface area contributed by atoms with Crippen molar-refractivity contribution in [3.63, 3.8) is 0 Å². The van der Waals surface area contributed by atoms with Crippen molar-refractivity contribution in [1.82, 2.24) is 10.6 Å². The lowest BCUT2D eigenvalue weighted by Crippen LogP contribution is -2.41. The maximum absolute atomic E-state index is 12.0. The number of hydrogen-bond donors (Lipinski definition) is 2. The molecule has 0 fully saturated rings. The number of amides is 3. The molecule has 0 aliphatic rings. The van der Waals surface area contributed by atoms with Gasteiger partial charge in [-0.3, -0.25) is 14.9 Å². The maximum atomic E-state index is 12.0. The molecule has 6 heteroatoms. The highest BCUT2D eigenvalue weighted by Crippen LogP contribution is 2.20. The Labute approximate surface area is 123 Å². The molecule has 0 aromatic heterocycles. The standard InChI is InChI=1S/C15H20N2O4/c1-3-12(11-8-6-5-7-9-11)14(19)21-10-13(18)17-15(20)16-4-2/h5-9,12H,3-4,10H2,1-2H3,(H2,16,17,18,20)/t12-/m1/s1. The van der Waals surface area contributed by atoms with Gasteiger partial charge < -0.3 is 10.1 Å². The van der Waals surface area contributed by atoms with E-state index in [1.165, 1.54) is 0 Å². The van der Waals surface area contributed by atoms with Crippen LogP contribution in [0, 0.1) is 0 Å². The van der Waals surface area contributed by atoms with Crippen molar-refractivity contribution in [2.24, 2.45) is 0 Å². The third-order valence-electron chi connectivity index (χ3n) is 2.83. The topological polar surface area (TPSA) is 84.5 Å². The van der Waals surface area contributed by atoms with Crippen molar-refractivity contribution in [2.45, 2.75) is 26.2 Å². The van der Waals surface area contributed by atoms with E-state index in [2.05, 4.69) is 10.6 Å². The van der Waals surface area contributed by atoms with E-state index >= 15 is 0 Å². The van der Waals surface area contributed by atoms with Crippen molar-refractivity contribution in [3.05, 3.63) is 35.9 Å². The lowest BCUT2D eigenvalue weighted by Gasteiger charge is -2.14. The smallest absolute Gasteiger partial charge is 0.321 e. The quantitative estimate of drug-likeness (QED) is 0.779. The van der Waals surface area contributed by atoms with E-state index in [4.69, 9.17) is 4.74 Å². The Morgan fingerprint density at radius 3 is 2.38 bits per heavy atom. The van der Waals surface area contributed by atoms with Gasteiger partial charge in [-0.25, -0.2) is 4.79 Å². The highest BCUT2D eigenvalue weighted by Gasteiger charge is 2.21. The van der Waals surface area contributed by atoms with Crippen LogP contribution in [0.2, 0.25) is 0 Å². The van der Waals surface area contributed by atoms with Gasteiger partial charge in [-0.15, -0.1) is 0 Å². The van der Waals surface area contributed by atoms with Crippen LogP contribution in [0.1, 0.15) is 31.7 Å². The first-order valence-corrected chi connectivity index (χ1v) is 6.87. The maximum Gasteiger partial charge on any atom is 0.321 e. The second kappa shape index (κ2) is 8.73. The monoisotopic (exact) mass is 292 g/mol. The van der Waals surface area contributed by atoms with Crippen molar-refractivity contribution in [2.75, 3.05) is 13.2 Å². The first-order valence-electron chi connectivity index (χ1n) is 6.87. The highest BCUT2D eigenvalue weighted by molar-refractivity contribution is 5.95. The Balaban J connectivity index is 2.48. The van der Waals surface area contributed by atoms with E-state index in [1.807, 2.05) is 37.3 Å². The molecule has 0 spiro atoms. The van der Waals surface area contributed by atoms with Crippen LogP contribution in [0.25, 0.3) is 0 Å². The van der Waals surface area contributed by atoms with Crippen LogP contribution in [-0.2, 0) is 14.3 Å². The number of hydrogen-bond acceptors (Lipinski definition) is 4. The van der Waals surface area contributed by atoms with Gasteiger partial charge in [0.15, 0.2) is 6.61 Å². The van der Waals surface area contributed by atoms with E-state index in [-0.39, 0.29) is 0 Å². The van der Waals surface area contributed by atoms with Crippen LogP contribution in [0.3, 0.4) is 0 Å².